The van der Waals surface area contributed by atoms with Crippen molar-refractivity contribution in [2.45, 2.75) is 45.1 Å². The topological polar surface area (TPSA) is 83.8 Å². The average molecular weight is 426 g/mol. The van der Waals surface area contributed by atoms with Gasteiger partial charge in [0.05, 0.1) is 36.0 Å². The fourth-order valence-corrected chi connectivity index (χ4v) is 4.78. The van der Waals surface area contributed by atoms with Crippen molar-refractivity contribution in [3.05, 3.63) is 55.1 Å². The fourth-order valence-electron chi connectivity index (χ4n) is 4.78. The van der Waals surface area contributed by atoms with Crippen LogP contribution in [0.3, 0.4) is 0 Å². The lowest BCUT2D eigenvalue weighted by Gasteiger charge is -2.21. The molecule has 162 valence electrons. The lowest BCUT2D eigenvalue weighted by Crippen LogP contribution is -2.17. The van der Waals surface area contributed by atoms with Crippen LogP contribution >= 0.6 is 0 Å². The Bertz CT molecular complexity index is 1240. The molecule has 0 amide bonds. The van der Waals surface area contributed by atoms with Gasteiger partial charge >= 0.3 is 0 Å². The molecule has 3 aromatic heterocycles. The Kier molecular flexibility index (Phi) is 5.59. The number of anilines is 1. The van der Waals surface area contributed by atoms with Crippen molar-refractivity contribution >= 4 is 11.3 Å². The molecule has 1 saturated carbocycles. The van der Waals surface area contributed by atoms with Crippen LogP contribution in [0.1, 0.15) is 45.1 Å². The molecule has 0 bridgehead atoms. The molecular formula is C25H27N7. The third kappa shape index (κ3) is 3.84. The van der Waals surface area contributed by atoms with E-state index < -0.39 is 0 Å². The summed E-state index contributed by atoms with van der Waals surface area (Å²) in [5.74, 6) is 1.32. The summed E-state index contributed by atoms with van der Waals surface area (Å²) in [4.78, 5) is 9.50. The standard InChI is InChI=1S/C25H27N7/c1-2-27-21-9-7-18(8-10-21)22-15-24-28-13-14-31(24)25(30-22)20-16-29-32(17-20)23(11-12-26)19-5-3-4-6-19/h7-10,13-17,19,23,27H,2-6,11H2,1H3. The molecule has 32 heavy (non-hydrogen) atoms. The molecular weight excluding hydrogens is 398 g/mol. The van der Waals surface area contributed by atoms with Crippen LogP contribution in [-0.2, 0) is 0 Å². The Balaban J connectivity index is 1.53. The highest BCUT2D eigenvalue weighted by atomic mass is 15.3. The maximum Gasteiger partial charge on any atom is 0.149 e. The number of nitriles is 1. The van der Waals surface area contributed by atoms with E-state index in [9.17, 15) is 5.26 Å². The first-order valence-corrected chi connectivity index (χ1v) is 11.4. The van der Waals surface area contributed by atoms with Gasteiger partial charge in [-0.15, -0.1) is 0 Å². The summed E-state index contributed by atoms with van der Waals surface area (Å²) in [7, 11) is 0. The quantitative estimate of drug-likeness (QED) is 0.432. The summed E-state index contributed by atoms with van der Waals surface area (Å²) >= 11 is 0. The summed E-state index contributed by atoms with van der Waals surface area (Å²) in [6.07, 6.45) is 12.9. The Labute approximate surface area is 187 Å². The van der Waals surface area contributed by atoms with Crippen LogP contribution in [0.2, 0.25) is 0 Å². The first-order chi connectivity index (χ1) is 15.8. The zero-order valence-corrected chi connectivity index (χ0v) is 18.3. The van der Waals surface area contributed by atoms with Crippen molar-refractivity contribution in [2.24, 2.45) is 5.92 Å². The summed E-state index contributed by atoms with van der Waals surface area (Å²) in [6.45, 7) is 2.97. The Hall–Kier alpha value is -3.66. The maximum absolute atomic E-state index is 9.39. The molecule has 3 heterocycles. The number of hydrogen-bond acceptors (Lipinski definition) is 5. The highest BCUT2D eigenvalue weighted by Gasteiger charge is 2.27. The van der Waals surface area contributed by atoms with Gasteiger partial charge < -0.3 is 5.32 Å². The van der Waals surface area contributed by atoms with E-state index in [1.54, 1.807) is 6.20 Å². The molecule has 1 atom stereocenters. The van der Waals surface area contributed by atoms with E-state index in [0.29, 0.717) is 12.3 Å². The monoisotopic (exact) mass is 425 g/mol. The minimum absolute atomic E-state index is 0.122. The number of fused-ring (bicyclic) bond motifs is 1. The van der Waals surface area contributed by atoms with Crippen molar-refractivity contribution in [3.8, 4) is 28.7 Å². The smallest absolute Gasteiger partial charge is 0.149 e. The van der Waals surface area contributed by atoms with Gasteiger partial charge in [0.15, 0.2) is 0 Å². The predicted molar refractivity (Wildman–Crippen MR) is 125 cm³/mol. The summed E-state index contributed by atoms with van der Waals surface area (Å²) < 4.78 is 3.98. The number of nitrogens with zero attached hydrogens (tertiary/aromatic N) is 6. The Morgan fingerprint density at radius 2 is 2.00 bits per heavy atom. The van der Waals surface area contributed by atoms with E-state index in [4.69, 9.17) is 4.98 Å². The van der Waals surface area contributed by atoms with Crippen LogP contribution in [-0.4, -0.2) is 30.7 Å². The number of aromatic nitrogens is 5. The van der Waals surface area contributed by atoms with Gasteiger partial charge in [0.1, 0.15) is 11.5 Å². The number of imidazole rings is 1. The van der Waals surface area contributed by atoms with E-state index in [2.05, 4.69) is 52.7 Å². The number of nitrogens with one attached hydrogen (secondary N) is 1. The summed E-state index contributed by atoms with van der Waals surface area (Å²) in [6, 6.07) is 12.8. The van der Waals surface area contributed by atoms with Crippen LogP contribution in [0.5, 0.6) is 0 Å². The van der Waals surface area contributed by atoms with Gasteiger partial charge in [-0.2, -0.15) is 10.4 Å². The van der Waals surface area contributed by atoms with Crippen molar-refractivity contribution in [1.29, 1.82) is 5.26 Å². The van der Waals surface area contributed by atoms with Crippen LogP contribution in [0.15, 0.2) is 55.1 Å². The minimum Gasteiger partial charge on any atom is -0.385 e. The van der Waals surface area contributed by atoms with Gasteiger partial charge in [-0.05, 0) is 37.8 Å². The first kappa shape index (κ1) is 20.3. The second-order valence-electron chi connectivity index (χ2n) is 8.41. The second-order valence-corrected chi connectivity index (χ2v) is 8.41. The van der Waals surface area contributed by atoms with Crippen molar-refractivity contribution in [3.63, 3.8) is 0 Å². The van der Waals surface area contributed by atoms with Gasteiger partial charge in [-0.25, -0.2) is 9.97 Å². The van der Waals surface area contributed by atoms with Gasteiger partial charge in [-0.3, -0.25) is 9.08 Å². The predicted octanol–water partition coefficient (Wildman–Crippen LogP) is 5.34. The number of rotatable bonds is 7. The molecule has 1 aliphatic carbocycles. The average Bonchev–Trinajstić information content (AvgIpc) is 3.59. The van der Waals surface area contributed by atoms with E-state index in [-0.39, 0.29) is 6.04 Å². The lowest BCUT2D eigenvalue weighted by atomic mass is 9.96. The van der Waals surface area contributed by atoms with Crippen LogP contribution in [0, 0.1) is 17.2 Å². The molecule has 0 radical (unpaired) electrons. The minimum atomic E-state index is 0.122. The number of benzene rings is 1. The van der Waals surface area contributed by atoms with E-state index in [0.717, 1.165) is 40.5 Å². The molecule has 5 rings (SSSR count). The summed E-state index contributed by atoms with van der Waals surface area (Å²) in [5.41, 5.74) is 4.78. The van der Waals surface area contributed by atoms with Crippen molar-refractivity contribution < 1.29 is 0 Å². The number of hydrogen-bond donors (Lipinski definition) is 1. The largest absolute Gasteiger partial charge is 0.385 e. The normalized spacial score (nSPS) is 15.1. The second kappa shape index (κ2) is 8.83. The van der Waals surface area contributed by atoms with Crippen molar-refractivity contribution in [2.75, 3.05) is 11.9 Å². The first-order valence-electron chi connectivity index (χ1n) is 11.4. The Morgan fingerprint density at radius 1 is 1.19 bits per heavy atom. The molecule has 1 unspecified atom stereocenters. The highest BCUT2D eigenvalue weighted by Crippen LogP contribution is 2.36. The molecule has 7 heteroatoms. The third-order valence-corrected chi connectivity index (χ3v) is 6.40. The molecule has 1 N–H and O–H groups in total. The molecule has 1 aromatic carbocycles. The maximum atomic E-state index is 9.39. The molecule has 7 nitrogen and oxygen atoms in total. The highest BCUT2D eigenvalue weighted by molar-refractivity contribution is 5.70. The Morgan fingerprint density at radius 3 is 2.75 bits per heavy atom. The fraction of sp³-hybridized carbons (Fsp3) is 0.360. The zero-order valence-electron chi connectivity index (χ0n) is 18.3. The van der Waals surface area contributed by atoms with Crippen LogP contribution in [0.4, 0.5) is 5.69 Å². The zero-order chi connectivity index (χ0) is 21.9. The van der Waals surface area contributed by atoms with E-state index >= 15 is 0 Å². The van der Waals surface area contributed by atoms with Gasteiger partial charge in [0, 0.05) is 42.5 Å². The summed E-state index contributed by atoms with van der Waals surface area (Å²) in [5, 5.41) is 17.4. The van der Waals surface area contributed by atoms with Gasteiger partial charge in [-0.1, -0.05) is 25.0 Å². The molecule has 0 spiro atoms. The SMILES string of the molecule is CCNc1ccc(-c2cc3nccn3c(-c3cnn(C(CC#N)C4CCCC4)c3)n2)cc1. The van der Waals surface area contributed by atoms with Gasteiger partial charge in [0.25, 0.3) is 0 Å². The van der Waals surface area contributed by atoms with Gasteiger partial charge in [0.2, 0.25) is 0 Å². The molecule has 4 aromatic rings. The van der Waals surface area contributed by atoms with E-state index in [1.807, 2.05) is 33.7 Å². The van der Waals surface area contributed by atoms with E-state index in [1.165, 1.54) is 25.7 Å². The lowest BCUT2D eigenvalue weighted by molar-refractivity contribution is 0.315. The molecule has 0 aliphatic heterocycles. The molecule has 1 aliphatic rings. The van der Waals surface area contributed by atoms with Crippen LogP contribution in [0.25, 0.3) is 28.3 Å². The third-order valence-electron chi connectivity index (χ3n) is 6.40. The van der Waals surface area contributed by atoms with Crippen molar-refractivity contribution in [1.82, 2.24) is 24.1 Å². The molecule has 0 saturated heterocycles. The molecule has 1 fully saturated rings. The van der Waals surface area contributed by atoms with Crippen LogP contribution < -0.4 is 5.32 Å².